The van der Waals surface area contributed by atoms with Crippen LogP contribution in [0.1, 0.15) is 21.7 Å². The number of hydrogen-bond donors (Lipinski definition) is 1. The Bertz CT molecular complexity index is 780. The van der Waals surface area contributed by atoms with Gasteiger partial charge in [-0.05, 0) is 24.1 Å². The number of nitriles is 1. The molecule has 0 fully saturated rings. The molecule has 1 aromatic carbocycles. The first-order valence-electron chi connectivity index (χ1n) is 5.47. The Labute approximate surface area is 113 Å². The van der Waals surface area contributed by atoms with Crippen LogP contribution in [-0.4, -0.2) is 20.9 Å². The van der Waals surface area contributed by atoms with Gasteiger partial charge < -0.3 is 5.11 Å². The third-order valence-electron chi connectivity index (χ3n) is 2.66. The van der Waals surface area contributed by atoms with Crippen molar-refractivity contribution < 1.29 is 9.90 Å². The van der Waals surface area contributed by atoms with Gasteiger partial charge in [-0.1, -0.05) is 23.3 Å². The minimum absolute atomic E-state index is 0.233. The molecule has 0 unspecified atom stereocenters. The molecule has 0 aliphatic heterocycles. The molecular formula is C12H8N6O2. The van der Waals surface area contributed by atoms with Gasteiger partial charge in [-0.25, -0.2) is 9.48 Å². The van der Waals surface area contributed by atoms with E-state index in [1.807, 2.05) is 0 Å². The molecule has 1 heterocycles. The molecule has 2 rings (SSSR count). The number of aromatic carboxylic acids is 1. The molecule has 0 radical (unpaired) electrons. The monoisotopic (exact) mass is 268 g/mol. The third kappa shape index (κ3) is 2.05. The summed E-state index contributed by atoms with van der Waals surface area (Å²) < 4.78 is 1.10. The summed E-state index contributed by atoms with van der Waals surface area (Å²) in [6.45, 7) is 1.78. The lowest BCUT2D eigenvalue weighted by molar-refractivity contribution is 0.0688. The van der Waals surface area contributed by atoms with Gasteiger partial charge in [0.25, 0.3) is 0 Å². The fourth-order valence-electron chi connectivity index (χ4n) is 1.79. The Balaban J connectivity index is 2.85. The second-order valence-electron chi connectivity index (χ2n) is 3.85. The van der Waals surface area contributed by atoms with Crippen LogP contribution in [0.15, 0.2) is 29.4 Å². The van der Waals surface area contributed by atoms with E-state index in [9.17, 15) is 9.90 Å². The van der Waals surface area contributed by atoms with Gasteiger partial charge in [-0.2, -0.15) is 10.4 Å². The Kier molecular flexibility index (Phi) is 3.37. The highest BCUT2D eigenvalue weighted by Gasteiger charge is 2.23. The summed E-state index contributed by atoms with van der Waals surface area (Å²) in [6, 6.07) is 8.68. The predicted octanol–water partition coefficient (Wildman–Crippen LogP) is 2.69. The van der Waals surface area contributed by atoms with Gasteiger partial charge in [0.05, 0.1) is 5.69 Å². The van der Waals surface area contributed by atoms with Crippen LogP contribution >= 0.6 is 0 Å². The average Bonchev–Trinajstić information content (AvgIpc) is 2.78. The van der Waals surface area contributed by atoms with Crippen LogP contribution in [0.25, 0.3) is 16.1 Å². The number of nitrogens with zero attached hydrogens (tertiary/aromatic N) is 6. The first-order valence-corrected chi connectivity index (χ1v) is 5.47. The van der Waals surface area contributed by atoms with E-state index in [0.29, 0.717) is 5.69 Å². The van der Waals surface area contributed by atoms with Crippen molar-refractivity contribution >= 4 is 11.7 Å². The number of carboxylic acids is 1. The highest BCUT2D eigenvalue weighted by Crippen LogP contribution is 2.27. The highest BCUT2D eigenvalue weighted by molar-refractivity contribution is 5.93. The number of benzene rings is 1. The number of carboxylic acid groups (broad SMARTS) is 1. The molecule has 0 saturated carbocycles. The van der Waals surface area contributed by atoms with E-state index < -0.39 is 5.97 Å². The summed E-state index contributed by atoms with van der Waals surface area (Å²) >= 11 is 0. The summed E-state index contributed by atoms with van der Waals surface area (Å²) in [5.74, 6) is -1.33. The molecule has 1 N–H and O–H groups in total. The minimum atomic E-state index is -1.33. The van der Waals surface area contributed by atoms with Crippen molar-refractivity contribution in [2.24, 2.45) is 5.11 Å². The largest absolute Gasteiger partial charge is 0.476 e. The lowest BCUT2D eigenvalue weighted by atomic mass is 10.2. The van der Waals surface area contributed by atoms with Gasteiger partial charge in [0, 0.05) is 4.91 Å². The number of azide groups is 1. The minimum Gasteiger partial charge on any atom is -0.476 e. The zero-order chi connectivity index (χ0) is 14.7. The Morgan fingerprint density at radius 1 is 1.55 bits per heavy atom. The van der Waals surface area contributed by atoms with Crippen molar-refractivity contribution in [1.29, 1.82) is 5.26 Å². The lowest BCUT2D eigenvalue weighted by Gasteiger charge is -2.07. The van der Waals surface area contributed by atoms with Gasteiger partial charge >= 0.3 is 5.97 Å². The van der Waals surface area contributed by atoms with E-state index in [2.05, 4.69) is 15.1 Å². The molecule has 0 aliphatic rings. The molecule has 2 aromatic rings. The number of rotatable bonds is 3. The molecule has 0 saturated heterocycles. The fraction of sp³-hybridized carbons (Fsp3) is 0.0833. The van der Waals surface area contributed by atoms with E-state index in [1.165, 1.54) is 0 Å². The van der Waals surface area contributed by atoms with Gasteiger partial charge in [0.15, 0.2) is 11.4 Å². The Morgan fingerprint density at radius 3 is 2.80 bits per heavy atom. The maximum atomic E-state index is 11.4. The number of para-hydroxylation sites is 1. The maximum absolute atomic E-state index is 11.4. The van der Waals surface area contributed by atoms with Crippen molar-refractivity contribution in [1.82, 2.24) is 9.78 Å². The van der Waals surface area contributed by atoms with E-state index in [-0.39, 0.29) is 17.1 Å². The molecule has 1 aromatic heterocycles. The topological polar surface area (TPSA) is 128 Å². The highest BCUT2D eigenvalue weighted by atomic mass is 16.4. The molecule has 0 bridgehead atoms. The van der Waals surface area contributed by atoms with E-state index in [1.54, 1.807) is 37.3 Å². The molecule has 98 valence electrons. The van der Waals surface area contributed by atoms with E-state index >= 15 is 0 Å². The van der Waals surface area contributed by atoms with Gasteiger partial charge in [0.2, 0.25) is 0 Å². The van der Waals surface area contributed by atoms with Crippen molar-refractivity contribution in [3.63, 3.8) is 0 Å². The van der Waals surface area contributed by atoms with E-state index in [0.717, 1.165) is 10.2 Å². The molecule has 0 amide bonds. The van der Waals surface area contributed by atoms with Crippen LogP contribution < -0.4 is 0 Å². The number of carbonyl (C=O) groups is 1. The first-order chi connectivity index (χ1) is 9.60. The molecule has 8 nitrogen and oxygen atoms in total. The van der Waals surface area contributed by atoms with Crippen molar-refractivity contribution in [3.8, 4) is 11.8 Å². The smallest absolute Gasteiger partial charge is 0.355 e. The number of hydrogen-bond acceptors (Lipinski definition) is 4. The second kappa shape index (κ2) is 5.14. The molecule has 20 heavy (non-hydrogen) atoms. The van der Waals surface area contributed by atoms with Gasteiger partial charge in [0.1, 0.15) is 11.8 Å². The van der Waals surface area contributed by atoms with Crippen LogP contribution in [0.3, 0.4) is 0 Å². The number of aryl methyl sites for hydroxylation is 1. The first kappa shape index (κ1) is 13.1. The van der Waals surface area contributed by atoms with E-state index in [4.69, 9.17) is 10.8 Å². The van der Waals surface area contributed by atoms with Crippen molar-refractivity contribution in [3.05, 3.63) is 51.7 Å². The summed E-state index contributed by atoms with van der Waals surface area (Å²) in [5, 5.41) is 25.4. The normalized spacial score (nSPS) is 9.60. The summed E-state index contributed by atoms with van der Waals surface area (Å²) in [4.78, 5) is 13.9. The molecule has 0 atom stereocenters. The van der Waals surface area contributed by atoms with Crippen LogP contribution in [-0.2, 0) is 0 Å². The predicted molar refractivity (Wildman–Crippen MR) is 68.8 cm³/mol. The van der Waals surface area contributed by atoms with Gasteiger partial charge in [-0.15, -0.1) is 0 Å². The molecular weight excluding hydrogens is 260 g/mol. The quantitative estimate of drug-likeness (QED) is 0.521. The summed E-state index contributed by atoms with van der Waals surface area (Å²) in [6.07, 6.45) is 0. The second-order valence-corrected chi connectivity index (χ2v) is 3.85. The fourth-order valence-corrected chi connectivity index (χ4v) is 1.79. The molecule has 0 aliphatic carbocycles. The zero-order valence-corrected chi connectivity index (χ0v) is 10.3. The lowest BCUT2D eigenvalue weighted by Crippen LogP contribution is -2.09. The molecule has 8 heteroatoms. The number of aromatic nitrogens is 2. The standard InChI is InChI=1S/C12H8N6O2/c1-7-4-2-3-5-9(7)18-11(12(19)20)10(15-17-14)8(6-13)16-18/h2-5H,1H3,(H,19,20). The van der Waals surface area contributed by atoms with Crippen LogP contribution in [0.5, 0.6) is 0 Å². The SMILES string of the molecule is Cc1ccccc1-n1nc(C#N)c(N=[N+]=[N-])c1C(=O)O. The van der Waals surface area contributed by atoms with Crippen LogP contribution in [0.2, 0.25) is 0 Å². The summed E-state index contributed by atoms with van der Waals surface area (Å²) in [5.41, 5.74) is 8.91. The average molecular weight is 268 g/mol. The Morgan fingerprint density at radius 2 is 2.25 bits per heavy atom. The van der Waals surface area contributed by atoms with Crippen molar-refractivity contribution in [2.75, 3.05) is 0 Å². The zero-order valence-electron chi connectivity index (χ0n) is 10.3. The van der Waals surface area contributed by atoms with Crippen LogP contribution in [0, 0.1) is 18.3 Å². The van der Waals surface area contributed by atoms with Crippen molar-refractivity contribution in [2.45, 2.75) is 6.92 Å². The summed E-state index contributed by atoms with van der Waals surface area (Å²) in [7, 11) is 0. The van der Waals surface area contributed by atoms with Crippen LogP contribution in [0.4, 0.5) is 5.69 Å². The maximum Gasteiger partial charge on any atom is 0.355 e. The van der Waals surface area contributed by atoms with Gasteiger partial charge in [-0.3, -0.25) is 0 Å². The third-order valence-corrected chi connectivity index (χ3v) is 2.66. The Hall–Kier alpha value is -3.30. The molecule has 0 spiro atoms.